The van der Waals surface area contributed by atoms with E-state index < -0.39 is 0 Å². The number of fused-ring (bicyclic) bond motifs is 1. The second-order valence-corrected chi connectivity index (χ2v) is 5.98. The average Bonchev–Trinajstić information content (AvgIpc) is 3.17. The van der Waals surface area contributed by atoms with Crippen LogP contribution >= 0.6 is 0 Å². The lowest BCUT2D eigenvalue weighted by Crippen LogP contribution is -2.38. The first-order valence-corrected chi connectivity index (χ1v) is 8.20. The van der Waals surface area contributed by atoms with Gasteiger partial charge < -0.3 is 14.6 Å². The number of methoxy groups -OCH3 is 1. The number of amides is 1. The van der Waals surface area contributed by atoms with E-state index in [9.17, 15) is 9.59 Å². The van der Waals surface area contributed by atoms with Gasteiger partial charge in [0.1, 0.15) is 11.4 Å². The summed E-state index contributed by atoms with van der Waals surface area (Å²) in [6.45, 7) is 0.790. The molecule has 1 amide bonds. The van der Waals surface area contributed by atoms with E-state index in [1.807, 2.05) is 24.3 Å². The number of H-pyrrole nitrogens is 1. The summed E-state index contributed by atoms with van der Waals surface area (Å²) in [5, 5.41) is 4.29. The summed E-state index contributed by atoms with van der Waals surface area (Å²) < 4.78 is 6.96. The highest BCUT2D eigenvalue weighted by Crippen LogP contribution is 2.22. The number of para-hydroxylation sites is 2. The molecule has 0 unspecified atom stereocenters. The maximum absolute atomic E-state index is 12.8. The summed E-state index contributed by atoms with van der Waals surface area (Å²) in [6.07, 6.45) is 5.08. The Morgan fingerprint density at radius 2 is 2.15 bits per heavy atom. The fourth-order valence-electron chi connectivity index (χ4n) is 3.11. The Labute approximate surface area is 149 Å². The lowest BCUT2D eigenvalue weighted by molar-refractivity contribution is 0.0731. The molecule has 4 rings (SSSR count). The molecule has 0 radical (unpaired) electrons. The van der Waals surface area contributed by atoms with Crippen LogP contribution in [-0.2, 0) is 13.0 Å². The lowest BCUT2D eigenvalue weighted by atomic mass is 10.1. The van der Waals surface area contributed by atoms with Crippen LogP contribution in [0.15, 0.2) is 47.8 Å². The topological polar surface area (TPSA) is 93.1 Å². The van der Waals surface area contributed by atoms with Crippen LogP contribution in [0.3, 0.4) is 0 Å². The Kier molecular flexibility index (Phi) is 4.00. The van der Waals surface area contributed by atoms with E-state index in [2.05, 4.69) is 15.1 Å². The van der Waals surface area contributed by atoms with E-state index in [0.29, 0.717) is 42.1 Å². The molecule has 132 valence electrons. The van der Waals surface area contributed by atoms with Crippen molar-refractivity contribution in [1.29, 1.82) is 0 Å². The van der Waals surface area contributed by atoms with Gasteiger partial charge in [-0.1, -0.05) is 12.1 Å². The number of carbonyl (C=O) groups excluding carboxylic acids is 1. The smallest absolute Gasteiger partial charge is 0.257 e. The van der Waals surface area contributed by atoms with Crippen molar-refractivity contribution in [1.82, 2.24) is 24.6 Å². The first kappa shape index (κ1) is 16.1. The van der Waals surface area contributed by atoms with Crippen molar-refractivity contribution in [3.05, 3.63) is 70.2 Å². The van der Waals surface area contributed by atoms with Crippen molar-refractivity contribution in [3.63, 3.8) is 0 Å². The molecule has 0 fully saturated rings. The highest BCUT2D eigenvalue weighted by molar-refractivity contribution is 5.94. The van der Waals surface area contributed by atoms with Crippen molar-refractivity contribution in [2.45, 2.75) is 13.0 Å². The Hall–Kier alpha value is -3.42. The molecular weight excluding hydrogens is 334 g/mol. The Balaban J connectivity index is 1.59. The molecule has 8 nitrogen and oxygen atoms in total. The summed E-state index contributed by atoms with van der Waals surface area (Å²) in [4.78, 5) is 33.1. The first-order chi connectivity index (χ1) is 12.7. The molecule has 0 atom stereocenters. The zero-order valence-electron chi connectivity index (χ0n) is 14.2. The molecule has 1 N–H and O–H groups in total. The van der Waals surface area contributed by atoms with Gasteiger partial charge >= 0.3 is 0 Å². The van der Waals surface area contributed by atoms with E-state index in [1.165, 1.54) is 12.5 Å². The van der Waals surface area contributed by atoms with Crippen LogP contribution < -0.4 is 10.3 Å². The monoisotopic (exact) mass is 351 g/mol. The first-order valence-electron chi connectivity index (χ1n) is 8.20. The number of hydrogen-bond donors (Lipinski definition) is 1. The zero-order chi connectivity index (χ0) is 18.1. The minimum Gasteiger partial charge on any atom is -0.494 e. The number of carbonyl (C=O) groups is 1. The van der Waals surface area contributed by atoms with Crippen molar-refractivity contribution in [2.75, 3.05) is 13.7 Å². The van der Waals surface area contributed by atoms with Crippen molar-refractivity contribution in [3.8, 4) is 11.4 Å². The summed E-state index contributed by atoms with van der Waals surface area (Å²) in [5.41, 5.74) is 2.40. The third kappa shape index (κ3) is 2.75. The molecule has 8 heteroatoms. The molecule has 26 heavy (non-hydrogen) atoms. The van der Waals surface area contributed by atoms with E-state index >= 15 is 0 Å². The van der Waals surface area contributed by atoms with Crippen LogP contribution in [0.1, 0.15) is 21.6 Å². The third-order valence-electron chi connectivity index (χ3n) is 4.46. The second kappa shape index (κ2) is 6.47. The van der Waals surface area contributed by atoms with Gasteiger partial charge in [0.2, 0.25) is 0 Å². The van der Waals surface area contributed by atoms with E-state index in [0.717, 1.165) is 5.69 Å². The molecule has 0 saturated heterocycles. The third-order valence-corrected chi connectivity index (χ3v) is 4.46. The van der Waals surface area contributed by atoms with Crippen LogP contribution in [0.2, 0.25) is 0 Å². The standard InChI is InChI=1S/C18H17N5O3/c1-26-16-5-3-2-4-15(16)23-9-12(8-21-23)18(25)22-7-6-13-14(10-22)19-11-20-17(13)24/h2-5,8-9,11H,6-7,10H2,1H3,(H,19,20,24). The fourth-order valence-corrected chi connectivity index (χ4v) is 3.11. The lowest BCUT2D eigenvalue weighted by Gasteiger charge is -2.26. The minimum atomic E-state index is -0.140. The number of nitrogens with one attached hydrogen (secondary N) is 1. The predicted octanol–water partition coefficient (Wildman–Crippen LogP) is 1.16. The van der Waals surface area contributed by atoms with E-state index in [4.69, 9.17) is 4.74 Å². The maximum atomic E-state index is 12.8. The van der Waals surface area contributed by atoms with Gasteiger partial charge in [0, 0.05) is 18.3 Å². The highest BCUT2D eigenvalue weighted by Gasteiger charge is 2.25. The van der Waals surface area contributed by atoms with Crippen molar-refractivity contribution in [2.24, 2.45) is 0 Å². The van der Waals surface area contributed by atoms with Crippen LogP contribution in [-0.4, -0.2) is 44.2 Å². The van der Waals surface area contributed by atoms with Gasteiger partial charge in [0.05, 0.1) is 37.4 Å². The Bertz CT molecular complexity index is 1020. The number of rotatable bonds is 3. The molecule has 3 heterocycles. The van der Waals surface area contributed by atoms with Crippen LogP contribution in [0.4, 0.5) is 0 Å². The van der Waals surface area contributed by atoms with E-state index in [-0.39, 0.29) is 11.5 Å². The average molecular weight is 351 g/mol. The molecule has 0 spiro atoms. The molecular formula is C18H17N5O3. The van der Waals surface area contributed by atoms with Crippen LogP contribution in [0.5, 0.6) is 5.75 Å². The molecule has 2 aromatic heterocycles. The zero-order valence-corrected chi connectivity index (χ0v) is 14.2. The van der Waals surface area contributed by atoms with Gasteiger partial charge in [-0.2, -0.15) is 5.10 Å². The van der Waals surface area contributed by atoms with Gasteiger partial charge in [0.25, 0.3) is 11.5 Å². The van der Waals surface area contributed by atoms with Crippen LogP contribution in [0, 0.1) is 0 Å². The molecule has 1 aliphatic rings. The number of aromatic nitrogens is 4. The summed E-state index contributed by atoms with van der Waals surface area (Å²) in [6, 6.07) is 7.46. The molecule has 0 aliphatic carbocycles. The molecule has 1 aromatic carbocycles. The van der Waals surface area contributed by atoms with Gasteiger partial charge in [-0.15, -0.1) is 0 Å². The predicted molar refractivity (Wildman–Crippen MR) is 93.4 cm³/mol. The Morgan fingerprint density at radius 1 is 1.31 bits per heavy atom. The molecule has 0 saturated carbocycles. The quantitative estimate of drug-likeness (QED) is 0.764. The van der Waals surface area contributed by atoms with Crippen molar-refractivity contribution < 1.29 is 9.53 Å². The summed E-state index contributed by atoms with van der Waals surface area (Å²) in [5.74, 6) is 0.531. The Morgan fingerprint density at radius 3 is 3.00 bits per heavy atom. The summed E-state index contributed by atoms with van der Waals surface area (Å²) >= 11 is 0. The fraction of sp³-hybridized carbons (Fsp3) is 0.222. The van der Waals surface area contributed by atoms with E-state index in [1.54, 1.807) is 22.9 Å². The van der Waals surface area contributed by atoms with Gasteiger partial charge in [0.15, 0.2) is 0 Å². The number of nitrogens with zero attached hydrogens (tertiary/aromatic N) is 4. The van der Waals surface area contributed by atoms with Gasteiger partial charge in [-0.25, -0.2) is 9.67 Å². The van der Waals surface area contributed by atoms with Gasteiger partial charge in [-0.3, -0.25) is 9.59 Å². The van der Waals surface area contributed by atoms with Gasteiger partial charge in [-0.05, 0) is 18.6 Å². The molecule has 3 aromatic rings. The SMILES string of the molecule is COc1ccccc1-n1cc(C(=O)N2CCc3c(nc[nH]c3=O)C2)cn1. The van der Waals surface area contributed by atoms with Crippen molar-refractivity contribution >= 4 is 5.91 Å². The highest BCUT2D eigenvalue weighted by atomic mass is 16.5. The molecule has 0 bridgehead atoms. The summed E-state index contributed by atoms with van der Waals surface area (Å²) in [7, 11) is 1.59. The molecule has 1 aliphatic heterocycles. The second-order valence-electron chi connectivity index (χ2n) is 5.98. The number of benzene rings is 1. The normalized spacial score (nSPS) is 13.3. The number of ether oxygens (including phenoxy) is 1. The largest absolute Gasteiger partial charge is 0.494 e. The number of aromatic amines is 1. The number of hydrogen-bond acceptors (Lipinski definition) is 5. The van der Waals surface area contributed by atoms with Crippen LogP contribution in [0.25, 0.3) is 5.69 Å². The maximum Gasteiger partial charge on any atom is 0.257 e. The minimum absolute atomic E-state index is 0.133.